The summed E-state index contributed by atoms with van der Waals surface area (Å²) in [5.41, 5.74) is 0. The molecule has 0 aliphatic carbocycles. The highest BCUT2D eigenvalue weighted by atomic mass is 31.2. The van der Waals surface area contributed by atoms with Crippen molar-refractivity contribution < 1.29 is 26.0 Å². The number of hydrogen-bond acceptors (Lipinski definition) is 6. The van der Waals surface area contributed by atoms with Crippen LogP contribution in [0.4, 0.5) is 0 Å². The largest absolute Gasteiger partial charge is 0.352 e. The van der Waals surface area contributed by atoms with Crippen LogP contribution in [0.2, 0.25) is 78.6 Å². The van der Waals surface area contributed by atoms with Crippen LogP contribution in [0.25, 0.3) is 0 Å². The normalized spacial score (nSPS) is 15.4. The van der Waals surface area contributed by atoms with Gasteiger partial charge in [0, 0.05) is 0 Å². The van der Waals surface area contributed by atoms with E-state index in [2.05, 4.69) is 0 Å². The molecule has 6 nitrogen and oxygen atoms in total. The van der Waals surface area contributed by atoms with E-state index in [9.17, 15) is 9.13 Å². The highest BCUT2D eigenvalue weighted by Crippen LogP contribution is 2.59. The maximum atomic E-state index is 13.4. The van der Waals surface area contributed by atoms with Gasteiger partial charge in [-0.1, -0.05) is 0 Å². The third kappa shape index (κ3) is 14.2. The van der Waals surface area contributed by atoms with Gasteiger partial charge in [-0.3, -0.25) is 9.13 Å². The average molecular weight is 479 g/mol. The molecule has 0 saturated carbocycles. The van der Waals surface area contributed by atoms with Crippen molar-refractivity contribution in [2.45, 2.75) is 78.6 Å². The van der Waals surface area contributed by atoms with Gasteiger partial charge in [0.25, 0.3) is 0 Å². The van der Waals surface area contributed by atoms with E-state index in [1.165, 1.54) is 0 Å². The monoisotopic (exact) mass is 478 g/mol. The molecular weight excluding hydrogens is 438 g/mol. The minimum Gasteiger partial charge on any atom is -0.352 e. The van der Waals surface area contributed by atoms with Gasteiger partial charge in [-0.2, -0.15) is 0 Å². The van der Waals surface area contributed by atoms with Crippen molar-refractivity contribution in [3.63, 3.8) is 0 Å². The molecular formula is C14H40O6P2Si4. The fourth-order valence-electron chi connectivity index (χ4n) is 2.13. The van der Waals surface area contributed by atoms with Crippen molar-refractivity contribution in [1.82, 2.24) is 0 Å². The van der Waals surface area contributed by atoms with Crippen LogP contribution in [0.15, 0.2) is 0 Å². The van der Waals surface area contributed by atoms with Crippen LogP contribution < -0.4 is 0 Å². The van der Waals surface area contributed by atoms with E-state index in [1.54, 1.807) is 0 Å². The Morgan fingerprint density at radius 2 is 0.615 bits per heavy atom. The van der Waals surface area contributed by atoms with Crippen LogP contribution in [0, 0.1) is 0 Å². The zero-order chi connectivity index (χ0) is 21.2. The van der Waals surface area contributed by atoms with Crippen LogP contribution in [0.1, 0.15) is 0 Å². The molecule has 0 aliphatic heterocycles. The molecule has 12 heteroatoms. The van der Waals surface area contributed by atoms with Gasteiger partial charge in [-0.05, 0) is 78.6 Å². The summed E-state index contributed by atoms with van der Waals surface area (Å²) in [4.78, 5) is 0. The quantitative estimate of drug-likeness (QED) is 0.241. The molecule has 0 rings (SSSR count). The zero-order valence-electron chi connectivity index (χ0n) is 18.8. The second-order valence-corrected chi connectivity index (χ2v) is 33.6. The van der Waals surface area contributed by atoms with Crippen LogP contribution in [0.3, 0.4) is 0 Å². The van der Waals surface area contributed by atoms with Crippen LogP contribution in [-0.4, -0.2) is 45.6 Å². The molecule has 0 aliphatic rings. The minimum atomic E-state index is -3.37. The molecule has 0 N–H and O–H groups in total. The third-order valence-corrected chi connectivity index (χ3v) is 17.4. The highest BCUT2D eigenvalue weighted by Gasteiger charge is 2.42. The van der Waals surface area contributed by atoms with Gasteiger partial charge >= 0.3 is 15.2 Å². The maximum absolute atomic E-state index is 13.4. The Balaban J connectivity index is 5.58. The second-order valence-electron chi connectivity index (χ2n) is 10.5. The van der Waals surface area contributed by atoms with Crippen molar-refractivity contribution in [3.05, 3.63) is 0 Å². The number of rotatable bonds is 11. The molecule has 0 bridgehead atoms. The second kappa shape index (κ2) is 8.89. The summed E-state index contributed by atoms with van der Waals surface area (Å²) < 4.78 is 50.7. The van der Waals surface area contributed by atoms with Crippen molar-refractivity contribution in [3.8, 4) is 0 Å². The van der Waals surface area contributed by atoms with Gasteiger partial charge in [-0.15, -0.1) is 0 Å². The summed E-state index contributed by atoms with van der Waals surface area (Å²) in [6, 6.07) is 0. The Bertz CT molecular complexity index is 468. The first-order valence-electron chi connectivity index (χ1n) is 9.04. The minimum absolute atomic E-state index is 0.0633. The van der Waals surface area contributed by atoms with E-state index in [0.717, 1.165) is 0 Å². The van der Waals surface area contributed by atoms with Crippen molar-refractivity contribution >= 4 is 48.5 Å². The molecule has 0 radical (unpaired) electrons. The summed E-state index contributed by atoms with van der Waals surface area (Å²) in [5.74, 6) is 0. The van der Waals surface area contributed by atoms with E-state index in [-0.39, 0.29) is 12.3 Å². The lowest BCUT2D eigenvalue weighted by atomic mass is 11.0. The fourth-order valence-corrected chi connectivity index (χ4v) is 19.9. The number of hydrogen-bond donors (Lipinski definition) is 0. The maximum Gasteiger partial charge on any atom is 0.312 e. The van der Waals surface area contributed by atoms with E-state index >= 15 is 0 Å². The molecule has 0 spiro atoms. The highest BCUT2D eigenvalue weighted by molar-refractivity contribution is 7.61. The Hall–Kier alpha value is 1.17. The van der Waals surface area contributed by atoms with Crippen LogP contribution in [0.5, 0.6) is 0 Å². The van der Waals surface area contributed by atoms with Gasteiger partial charge in [-0.25, -0.2) is 0 Å². The third-order valence-electron chi connectivity index (χ3n) is 2.30. The summed E-state index contributed by atoms with van der Waals surface area (Å²) in [6.45, 7) is 23.7. The van der Waals surface area contributed by atoms with Crippen LogP contribution >= 0.6 is 15.2 Å². The molecule has 158 valence electrons. The van der Waals surface area contributed by atoms with E-state index in [0.29, 0.717) is 0 Å². The summed E-state index contributed by atoms with van der Waals surface area (Å²) in [7, 11) is -15.1. The molecule has 0 aromatic rings. The Morgan fingerprint density at radius 1 is 0.462 bits per heavy atom. The van der Waals surface area contributed by atoms with Crippen molar-refractivity contribution in [2.75, 3.05) is 12.3 Å². The molecule has 0 atom stereocenters. The van der Waals surface area contributed by atoms with Gasteiger partial charge in [0.1, 0.15) is 0 Å². The average Bonchev–Trinajstić information content (AvgIpc) is 2.15. The summed E-state index contributed by atoms with van der Waals surface area (Å²) >= 11 is 0. The van der Waals surface area contributed by atoms with Crippen molar-refractivity contribution in [1.29, 1.82) is 0 Å². The molecule has 0 amide bonds. The lowest BCUT2D eigenvalue weighted by Gasteiger charge is -2.34. The molecule has 0 unspecified atom stereocenters. The van der Waals surface area contributed by atoms with Gasteiger partial charge < -0.3 is 16.9 Å². The Kier molecular flexibility index (Phi) is 9.29. The molecule has 0 fully saturated rings. The van der Waals surface area contributed by atoms with Gasteiger partial charge in [0.2, 0.25) is 0 Å². The lowest BCUT2D eigenvalue weighted by molar-refractivity contribution is 0.370. The zero-order valence-corrected chi connectivity index (χ0v) is 24.5. The molecule has 0 aromatic carbocycles. The van der Waals surface area contributed by atoms with Crippen LogP contribution in [-0.2, 0) is 26.0 Å². The first-order valence-corrected chi connectivity index (χ1v) is 26.1. The van der Waals surface area contributed by atoms with Crippen molar-refractivity contribution in [2.24, 2.45) is 0 Å². The summed E-state index contributed by atoms with van der Waals surface area (Å²) in [5, 5.41) is 0. The standard InChI is InChI=1S/C14H40O6P2Si4/c1-23(2,3)17-21(15,18-24(4,5)6)13-14-22(16,19-25(7,8)9)20-26(10,11)12/h13-14H2,1-12H3. The van der Waals surface area contributed by atoms with E-state index in [1.807, 2.05) is 78.6 Å². The topological polar surface area (TPSA) is 71.1 Å². The molecule has 0 aromatic heterocycles. The first-order chi connectivity index (χ1) is 11.0. The van der Waals surface area contributed by atoms with E-state index < -0.39 is 48.5 Å². The predicted molar refractivity (Wildman–Crippen MR) is 123 cm³/mol. The van der Waals surface area contributed by atoms with E-state index in [4.69, 9.17) is 16.9 Å². The molecule has 0 heterocycles. The molecule has 0 saturated heterocycles. The van der Waals surface area contributed by atoms with Gasteiger partial charge in [0.15, 0.2) is 33.3 Å². The summed E-state index contributed by atoms with van der Waals surface area (Å²) in [6.07, 6.45) is 0.127. The smallest absolute Gasteiger partial charge is 0.312 e. The Labute approximate surface area is 165 Å². The molecule has 26 heavy (non-hydrogen) atoms. The van der Waals surface area contributed by atoms with Gasteiger partial charge in [0.05, 0.1) is 12.3 Å². The fraction of sp³-hybridized carbons (Fsp3) is 1.00. The lowest BCUT2D eigenvalue weighted by Crippen LogP contribution is -2.33. The Morgan fingerprint density at radius 3 is 0.731 bits per heavy atom. The predicted octanol–water partition coefficient (Wildman–Crippen LogP) is 6.78. The SMILES string of the molecule is C[Si](C)(C)OP(=O)(CCP(=O)(O[Si](C)(C)C)O[Si](C)(C)C)O[Si](C)(C)C. The first kappa shape index (κ1) is 27.2.